The van der Waals surface area contributed by atoms with Crippen molar-refractivity contribution in [3.05, 3.63) is 41.0 Å². The van der Waals surface area contributed by atoms with E-state index in [0.717, 1.165) is 21.7 Å². The summed E-state index contributed by atoms with van der Waals surface area (Å²) in [6.07, 6.45) is -0.503. The van der Waals surface area contributed by atoms with Crippen molar-refractivity contribution in [1.29, 1.82) is 0 Å². The van der Waals surface area contributed by atoms with Crippen molar-refractivity contribution in [2.24, 2.45) is 11.1 Å². The molecular weight excluding hydrogens is 400 g/mol. The maximum absolute atomic E-state index is 12.8. The summed E-state index contributed by atoms with van der Waals surface area (Å²) in [5.74, 6) is -0.577. The highest BCUT2D eigenvalue weighted by atomic mass is 32.1. The van der Waals surface area contributed by atoms with Crippen LogP contribution < -0.4 is 11.1 Å². The number of thiazole rings is 1. The van der Waals surface area contributed by atoms with Gasteiger partial charge in [0, 0.05) is 19.5 Å². The molecule has 0 bridgehead atoms. The Morgan fingerprint density at radius 1 is 1.33 bits per heavy atom. The van der Waals surface area contributed by atoms with E-state index in [0.29, 0.717) is 6.54 Å². The van der Waals surface area contributed by atoms with Crippen LogP contribution in [0.5, 0.6) is 0 Å². The van der Waals surface area contributed by atoms with Gasteiger partial charge in [-0.15, -0.1) is 11.3 Å². The van der Waals surface area contributed by atoms with Crippen molar-refractivity contribution in [3.63, 3.8) is 0 Å². The molecule has 2 unspecified atom stereocenters. The maximum Gasteiger partial charge on any atom is 0.243 e. The van der Waals surface area contributed by atoms with Crippen LogP contribution in [0.3, 0.4) is 0 Å². The summed E-state index contributed by atoms with van der Waals surface area (Å²) < 4.78 is 0. The smallest absolute Gasteiger partial charge is 0.243 e. The predicted molar refractivity (Wildman–Crippen MR) is 118 cm³/mol. The number of carbonyl (C=O) groups excluding carboxylic acids is 2. The van der Waals surface area contributed by atoms with Crippen LogP contribution in [0.25, 0.3) is 10.4 Å². The number of nitrogens with two attached hydrogens (primary N) is 1. The summed E-state index contributed by atoms with van der Waals surface area (Å²) in [5.41, 5.74) is 10.6. The van der Waals surface area contributed by atoms with E-state index >= 15 is 0 Å². The molecule has 1 aliphatic rings. The van der Waals surface area contributed by atoms with Gasteiger partial charge in [-0.25, -0.2) is 4.98 Å². The first-order valence-corrected chi connectivity index (χ1v) is 11.0. The van der Waals surface area contributed by atoms with Crippen LogP contribution in [0.15, 0.2) is 29.8 Å². The van der Waals surface area contributed by atoms with E-state index in [2.05, 4.69) is 10.3 Å². The van der Waals surface area contributed by atoms with Crippen LogP contribution >= 0.6 is 11.3 Å². The molecule has 0 aliphatic carbocycles. The maximum atomic E-state index is 12.8. The fraction of sp³-hybridized carbons (Fsp3) is 0.500. The molecule has 2 amide bonds. The standard InChI is InChI=1S/C22H30N4O3S/c1-13-18(30-12-25-13)15-7-5-14(6-8-15)10-24-20(28)17-9-16(27)11-26(17)21(29)19(23)22(2,3)4/h5-8,12,16-17,19,27H,9-11,23H2,1-4H3,(H,24,28)/t16?,17?,19-/m1/s1. The predicted octanol–water partition coefficient (Wildman–Crippen LogP) is 2.07. The van der Waals surface area contributed by atoms with Gasteiger partial charge in [-0.1, -0.05) is 45.0 Å². The Morgan fingerprint density at radius 3 is 2.57 bits per heavy atom. The average molecular weight is 431 g/mol. The fourth-order valence-electron chi connectivity index (χ4n) is 3.51. The molecule has 1 aliphatic heterocycles. The molecule has 162 valence electrons. The Morgan fingerprint density at radius 2 is 2.00 bits per heavy atom. The third-order valence-corrected chi connectivity index (χ3v) is 6.47. The number of benzene rings is 1. The summed E-state index contributed by atoms with van der Waals surface area (Å²) in [4.78, 5) is 32.4. The van der Waals surface area contributed by atoms with Gasteiger partial charge in [0.2, 0.25) is 11.8 Å². The zero-order valence-corrected chi connectivity index (χ0v) is 18.7. The highest BCUT2D eigenvalue weighted by Crippen LogP contribution is 2.27. The second-order valence-electron chi connectivity index (χ2n) is 8.92. The number of hydrogen-bond donors (Lipinski definition) is 3. The molecule has 0 saturated carbocycles. The average Bonchev–Trinajstić information content (AvgIpc) is 3.30. The Kier molecular flexibility index (Phi) is 6.59. The number of nitrogens with one attached hydrogen (secondary N) is 1. The molecule has 0 radical (unpaired) electrons. The molecule has 3 atom stereocenters. The Bertz CT molecular complexity index is 904. The van der Waals surface area contributed by atoms with E-state index in [1.807, 2.05) is 57.5 Å². The quantitative estimate of drug-likeness (QED) is 0.673. The van der Waals surface area contributed by atoms with Crippen molar-refractivity contribution in [2.75, 3.05) is 6.54 Å². The molecule has 3 rings (SSSR count). The van der Waals surface area contributed by atoms with E-state index in [4.69, 9.17) is 5.73 Å². The zero-order valence-electron chi connectivity index (χ0n) is 17.9. The number of hydrogen-bond acceptors (Lipinski definition) is 6. The van der Waals surface area contributed by atoms with E-state index in [9.17, 15) is 14.7 Å². The summed E-state index contributed by atoms with van der Waals surface area (Å²) in [5, 5.41) is 13.0. The van der Waals surface area contributed by atoms with Crippen LogP contribution in [0, 0.1) is 12.3 Å². The summed E-state index contributed by atoms with van der Waals surface area (Å²) >= 11 is 1.60. The van der Waals surface area contributed by atoms with Crippen LogP contribution in [0.2, 0.25) is 0 Å². The van der Waals surface area contributed by atoms with Gasteiger partial charge >= 0.3 is 0 Å². The van der Waals surface area contributed by atoms with Crippen molar-refractivity contribution >= 4 is 23.2 Å². The number of aliphatic hydroxyl groups is 1. The summed E-state index contributed by atoms with van der Waals surface area (Å²) in [6.45, 7) is 8.11. The second kappa shape index (κ2) is 8.83. The molecule has 0 spiro atoms. The molecule has 1 saturated heterocycles. The number of β-amino-alcohol motifs (C(OH)–C–C–N with tert-alkyl or cyclic N) is 1. The van der Waals surface area contributed by atoms with E-state index in [1.165, 1.54) is 4.90 Å². The van der Waals surface area contributed by atoms with Gasteiger partial charge in [-0.05, 0) is 23.5 Å². The number of nitrogens with zero attached hydrogens (tertiary/aromatic N) is 2. The monoisotopic (exact) mass is 430 g/mol. The van der Waals surface area contributed by atoms with Gasteiger partial charge in [-0.3, -0.25) is 9.59 Å². The van der Waals surface area contributed by atoms with Crippen molar-refractivity contribution in [2.45, 2.75) is 58.8 Å². The molecule has 4 N–H and O–H groups in total. The minimum Gasteiger partial charge on any atom is -0.391 e. The lowest BCUT2D eigenvalue weighted by atomic mass is 9.86. The van der Waals surface area contributed by atoms with Gasteiger partial charge < -0.3 is 21.1 Å². The summed E-state index contributed by atoms with van der Waals surface area (Å²) in [6, 6.07) is 6.52. The lowest BCUT2D eigenvalue weighted by molar-refractivity contribution is -0.141. The first kappa shape index (κ1) is 22.4. The largest absolute Gasteiger partial charge is 0.391 e. The molecule has 8 heteroatoms. The molecule has 2 aromatic rings. The number of rotatable bonds is 5. The topological polar surface area (TPSA) is 109 Å². The highest BCUT2D eigenvalue weighted by Gasteiger charge is 2.42. The van der Waals surface area contributed by atoms with Gasteiger partial charge in [0.25, 0.3) is 0 Å². The van der Waals surface area contributed by atoms with E-state index in [1.54, 1.807) is 11.3 Å². The van der Waals surface area contributed by atoms with Crippen LogP contribution in [-0.2, 0) is 16.1 Å². The van der Waals surface area contributed by atoms with Crippen LogP contribution in [0.1, 0.15) is 38.4 Å². The first-order chi connectivity index (χ1) is 14.1. The molecule has 2 heterocycles. The first-order valence-electron chi connectivity index (χ1n) is 10.1. The normalized spacial score (nSPS) is 20.3. The number of aryl methyl sites for hydroxylation is 1. The van der Waals surface area contributed by atoms with Gasteiger partial charge in [0.1, 0.15) is 6.04 Å². The molecule has 1 aromatic heterocycles. The fourth-order valence-corrected chi connectivity index (χ4v) is 4.33. The Labute approximate surface area is 181 Å². The van der Waals surface area contributed by atoms with Gasteiger partial charge in [0.05, 0.1) is 28.2 Å². The van der Waals surface area contributed by atoms with Gasteiger partial charge in [0.15, 0.2) is 0 Å². The van der Waals surface area contributed by atoms with Crippen molar-refractivity contribution < 1.29 is 14.7 Å². The van der Waals surface area contributed by atoms with E-state index in [-0.39, 0.29) is 24.8 Å². The zero-order chi connectivity index (χ0) is 22.1. The number of aliphatic hydroxyl groups excluding tert-OH is 1. The highest BCUT2D eigenvalue weighted by molar-refractivity contribution is 7.13. The lowest BCUT2D eigenvalue weighted by Crippen LogP contribution is -2.54. The summed E-state index contributed by atoms with van der Waals surface area (Å²) in [7, 11) is 0. The third kappa shape index (κ3) is 4.88. The molecular formula is C22H30N4O3S. The lowest BCUT2D eigenvalue weighted by Gasteiger charge is -2.32. The van der Waals surface area contributed by atoms with Crippen LogP contribution in [-0.4, -0.2) is 51.5 Å². The van der Waals surface area contributed by atoms with Gasteiger partial charge in [-0.2, -0.15) is 0 Å². The van der Waals surface area contributed by atoms with Crippen molar-refractivity contribution in [1.82, 2.24) is 15.2 Å². The number of carbonyl (C=O) groups is 2. The van der Waals surface area contributed by atoms with Crippen LogP contribution in [0.4, 0.5) is 0 Å². The molecule has 7 nitrogen and oxygen atoms in total. The number of likely N-dealkylation sites (tertiary alicyclic amines) is 1. The number of aromatic nitrogens is 1. The Balaban J connectivity index is 1.63. The van der Waals surface area contributed by atoms with E-state index < -0.39 is 23.6 Å². The molecule has 1 fully saturated rings. The van der Waals surface area contributed by atoms with Crippen molar-refractivity contribution in [3.8, 4) is 10.4 Å². The molecule has 1 aromatic carbocycles. The molecule has 30 heavy (non-hydrogen) atoms. The third-order valence-electron chi connectivity index (χ3n) is 5.49. The minimum atomic E-state index is -0.735. The minimum absolute atomic E-state index is 0.129. The second-order valence-corrected chi connectivity index (χ2v) is 9.78. The number of amides is 2. The SMILES string of the molecule is Cc1ncsc1-c1ccc(CNC(=O)C2CC(O)CN2C(=O)[C@@H](N)C(C)(C)C)cc1. The Hall–Kier alpha value is -2.29.